The molecular weight excluding hydrogens is 316 g/mol. The lowest BCUT2D eigenvalue weighted by Gasteiger charge is -2.22. The average Bonchev–Trinajstić information content (AvgIpc) is 2.65. The van der Waals surface area contributed by atoms with Gasteiger partial charge in [-0.15, -0.1) is 10.2 Å². The molecule has 1 aromatic heterocycles. The summed E-state index contributed by atoms with van der Waals surface area (Å²) in [5.41, 5.74) is 7.81. The van der Waals surface area contributed by atoms with Crippen LogP contribution in [0.5, 0.6) is 11.6 Å². The minimum absolute atomic E-state index is 0.0638. The fourth-order valence-corrected chi connectivity index (χ4v) is 3.04. The van der Waals surface area contributed by atoms with Gasteiger partial charge in [-0.3, -0.25) is 0 Å². The topological polar surface area (TPSA) is 105 Å². The first-order valence-electron chi connectivity index (χ1n) is 8.48. The van der Waals surface area contributed by atoms with Crippen molar-refractivity contribution in [1.29, 1.82) is 5.41 Å². The number of nitrogens with zero attached hydrogens (tertiary/aromatic N) is 2. The number of hydrogen-bond acceptors (Lipinski definition) is 6. The number of phenolic OH excluding ortho intramolecular Hbond substituents is 1. The minimum Gasteiger partial charge on any atom is -0.507 e. The highest BCUT2D eigenvalue weighted by Gasteiger charge is 2.16. The van der Waals surface area contributed by atoms with E-state index >= 15 is 0 Å². The fraction of sp³-hybridized carbons (Fsp3) is 0.316. The Labute approximate surface area is 146 Å². The van der Waals surface area contributed by atoms with Gasteiger partial charge >= 0.3 is 0 Å². The molecule has 25 heavy (non-hydrogen) atoms. The van der Waals surface area contributed by atoms with Crippen molar-refractivity contribution in [3.63, 3.8) is 0 Å². The van der Waals surface area contributed by atoms with Crippen LogP contribution in [-0.2, 0) is 0 Å². The molecule has 1 aliphatic rings. The van der Waals surface area contributed by atoms with Crippen LogP contribution < -0.4 is 10.5 Å². The van der Waals surface area contributed by atoms with E-state index in [1.165, 1.54) is 25.5 Å². The summed E-state index contributed by atoms with van der Waals surface area (Å²) >= 11 is 0. The fourth-order valence-electron chi connectivity index (χ4n) is 3.04. The lowest BCUT2D eigenvalue weighted by atomic mass is 9.98. The van der Waals surface area contributed by atoms with Crippen molar-refractivity contribution in [1.82, 2.24) is 10.2 Å². The number of nitrogens with two attached hydrogens (primary N) is 1. The second kappa shape index (κ2) is 7.79. The molecule has 2 aromatic rings. The van der Waals surface area contributed by atoms with Gasteiger partial charge in [-0.1, -0.05) is 12.5 Å². The zero-order valence-corrected chi connectivity index (χ0v) is 14.0. The lowest BCUT2D eigenvalue weighted by Crippen LogP contribution is -2.20. The normalized spacial score (nSPS) is 15.8. The number of allylic oxidation sites excluding steroid dienone is 1. The molecule has 130 valence electrons. The van der Waals surface area contributed by atoms with Crippen molar-refractivity contribution in [3.05, 3.63) is 42.1 Å². The van der Waals surface area contributed by atoms with Crippen LogP contribution in [0.4, 0.5) is 0 Å². The molecule has 4 N–H and O–H groups in total. The Kier molecular flexibility index (Phi) is 5.28. The van der Waals surface area contributed by atoms with E-state index in [0.717, 1.165) is 19.1 Å². The standard InChI is InChI=1S/C19H22N4O2/c20-11-14(12-21)13-6-7-16(18(24)10-13)17-8-9-19(23-22-17)25-15-4-2-1-3-5-15/h6-12,15,20,24H,1-5,21H2/b14-12+,20-11?. The van der Waals surface area contributed by atoms with Crippen LogP contribution in [0.3, 0.4) is 0 Å². The summed E-state index contributed by atoms with van der Waals surface area (Å²) in [5, 5.41) is 25.9. The van der Waals surface area contributed by atoms with E-state index in [9.17, 15) is 5.11 Å². The number of phenols is 1. The molecule has 1 saturated carbocycles. The predicted molar refractivity (Wildman–Crippen MR) is 97.6 cm³/mol. The van der Waals surface area contributed by atoms with Crippen molar-refractivity contribution in [2.24, 2.45) is 5.73 Å². The van der Waals surface area contributed by atoms with Crippen LogP contribution in [0.1, 0.15) is 37.7 Å². The number of benzene rings is 1. The van der Waals surface area contributed by atoms with E-state index in [0.29, 0.717) is 28.3 Å². The van der Waals surface area contributed by atoms with Gasteiger partial charge in [-0.25, -0.2) is 0 Å². The molecule has 6 nitrogen and oxygen atoms in total. The van der Waals surface area contributed by atoms with Crippen molar-refractivity contribution < 1.29 is 9.84 Å². The monoisotopic (exact) mass is 338 g/mol. The van der Waals surface area contributed by atoms with E-state index < -0.39 is 0 Å². The number of rotatable bonds is 5. The summed E-state index contributed by atoms with van der Waals surface area (Å²) in [4.78, 5) is 0. The first-order chi connectivity index (χ1) is 12.2. The van der Waals surface area contributed by atoms with Crippen molar-refractivity contribution in [2.45, 2.75) is 38.2 Å². The molecule has 1 aliphatic carbocycles. The highest BCUT2D eigenvalue weighted by atomic mass is 16.5. The predicted octanol–water partition coefficient (Wildman–Crippen LogP) is 3.51. The van der Waals surface area contributed by atoms with E-state index in [1.807, 2.05) is 0 Å². The van der Waals surface area contributed by atoms with Gasteiger partial charge in [0, 0.05) is 29.6 Å². The Bertz CT molecular complexity index is 765. The molecule has 0 amide bonds. The molecule has 3 rings (SSSR count). The van der Waals surface area contributed by atoms with Gasteiger partial charge < -0.3 is 21.0 Å². The zero-order chi connectivity index (χ0) is 17.6. The Morgan fingerprint density at radius 1 is 1.16 bits per heavy atom. The van der Waals surface area contributed by atoms with Gasteiger partial charge in [0.2, 0.25) is 5.88 Å². The van der Waals surface area contributed by atoms with Crippen LogP contribution >= 0.6 is 0 Å². The third-order valence-electron chi connectivity index (χ3n) is 4.42. The van der Waals surface area contributed by atoms with E-state index in [-0.39, 0.29) is 11.9 Å². The number of ether oxygens (including phenoxy) is 1. The highest BCUT2D eigenvalue weighted by Crippen LogP contribution is 2.31. The average molecular weight is 338 g/mol. The third-order valence-corrected chi connectivity index (χ3v) is 4.42. The quantitative estimate of drug-likeness (QED) is 0.724. The molecule has 1 fully saturated rings. The molecule has 0 saturated heterocycles. The molecule has 6 heteroatoms. The molecule has 0 bridgehead atoms. The minimum atomic E-state index is 0.0638. The largest absolute Gasteiger partial charge is 0.507 e. The van der Waals surface area contributed by atoms with Gasteiger partial charge in [0.05, 0.1) is 5.69 Å². The lowest BCUT2D eigenvalue weighted by molar-refractivity contribution is 0.147. The van der Waals surface area contributed by atoms with Crippen molar-refractivity contribution in [2.75, 3.05) is 0 Å². The SMILES string of the molecule is N=C/C(=C\N)c1ccc(-c2ccc(OC3CCCCC3)nn2)c(O)c1. The Hall–Kier alpha value is -2.89. The summed E-state index contributed by atoms with van der Waals surface area (Å²) in [7, 11) is 0. The number of nitrogens with one attached hydrogen (secondary N) is 1. The van der Waals surface area contributed by atoms with Gasteiger partial charge in [-0.05, 0) is 49.4 Å². The molecular formula is C19H22N4O2. The first kappa shape index (κ1) is 17.0. The summed E-state index contributed by atoms with van der Waals surface area (Å²) in [6.45, 7) is 0. The van der Waals surface area contributed by atoms with Crippen LogP contribution in [0.15, 0.2) is 36.5 Å². The molecule has 0 spiro atoms. The highest BCUT2D eigenvalue weighted by molar-refractivity contribution is 6.08. The van der Waals surface area contributed by atoms with E-state index in [2.05, 4.69) is 10.2 Å². The summed E-state index contributed by atoms with van der Waals surface area (Å²) < 4.78 is 5.87. The van der Waals surface area contributed by atoms with Gasteiger partial charge in [0.15, 0.2) is 0 Å². The maximum Gasteiger partial charge on any atom is 0.233 e. The molecule has 0 unspecified atom stereocenters. The van der Waals surface area contributed by atoms with Crippen LogP contribution in [0.25, 0.3) is 16.8 Å². The maximum absolute atomic E-state index is 10.3. The van der Waals surface area contributed by atoms with Crippen LogP contribution in [-0.4, -0.2) is 27.6 Å². The Morgan fingerprint density at radius 3 is 2.56 bits per heavy atom. The van der Waals surface area contributed by atoms with Crippen molar-refractivity contribution >= 4 is 11.8 Å². The number of aromatic nitrogens is 2. The Balaban J connectivity index is 1.76. The second-order valence-electron chi connectivity index (χ2n) is 6.13. The zero-order valence-electron chi connectivity index (χ0n) is 14.0. The smallest absolute Gasteiger partial charge is 0.233 e. The maximum atomic E-state index is 10.3. The summed E-state index contributed by atoms with van der Waals surface area (Å²) in [5.74, 6) is 0.581. The van der Waals surface area contributed by atoms with E-state index in [1.54, 1.807) is 30.3 Å². The van der Waals surface area contributed by atoms with Gasteiger partial charge in [-0.2, -0.15) is 0 Å². The molecule has 1 heterocycles. The molecule has 0 atom stereocenters. The first-order valence-corrected chi connectivity index (χ1v) is 8.48. The van der Waals surface area contributed by atoms with Gasteiger partial charge in [0.25, 0.3) is 0 Å². The summed E-state index contributed by atoms with van der Waals surface area (Å²) in [6, 6.07) is 8.66. The van der Waals surface area contributed by atoms with Crippen LogP contribution in [0.2, 0.25) is 0 Å². The molecule has 1 aromatic carbocycles. The number of aromatic hydroxyl groups is 1. The van der Waals surface area contributed by atoms with Crippen LogP contribution in [0, 0.1) is 5.41 Å². The molecule has 0 aliphatic heterocycles. The van der Waals surface area contributed by atoms with E-state index in [4.69, 9.17) is 15.9 Å². The number of hydrogen-bond donors (Lipinski definition) is 3. The van der Waals surface area contributed by atoms with Gasteiger partial charge in [0.1, 0.15) is 11.9 Å². The summed E-state index contributed by atoms with van der Waals surface area (Å²) in [6.07, 6.45) is 8.51. The Morgan fingerprint density at radius 2 is 1.96 bits per heavy atom. The third kappa shape index (κ3) is 3.96. The molecule has 0 radical (unpaired) electrons. The second-order valence-corrected chi connectivity index (χ2v) is 6.13. The van der Waals surface area contributed by atoms with Crippen molar-refractivity contribution in [3.8, 4) is 22.9 Å².